The molecule has 2 heterocycles. The van der Waals surface area contributed by atoms with Crippen LogP contribution in [0.4, 0.5) is 0 Å². The van der Waals surface area contributed by atoms with E-state index in [4.69, 9.17) is 23.3 Å². The second-order valence-electron chi connectivity index (χ2n) is 7.61. The number of hydrogen-bond acceptors (Lipinski definition) is 7. The van der Waals surface area contributed by atoms with Crippen molar-refractivity contribution in [3.63, 3.8) is 0 Å². The molecular weight excluding hydrogens is 441 g/mol. The van der Waals surface area contributed by atoms with Gasteiger partial charge in [-0.25, -0.2) is 0 Å². The number of esters is 1. The monoisotopic (exact) mass is 477 g/mol. The maximum atomic E-state index is 11.4. The molecule has 10 unspecified atom stereocenters. The quantitative estimate of drug-likeness (QED) is 0.444. The van der Waals surface area contributed by atoms with Gasteiger partial charge in [-0.2, -0.15) is 9.90 Å². The molecule has 0 aliphatic carbocycles. The van der Waals surface area contributed by atoms with E-state index in [1.54, 1.807) is 0 Å². The van der Waals surface area contributed by atoms with Gasteiger partial charge in [0.05, 0.1) is 31.5 Å². The van der Waals surface area contributed by atoms with Crippen LogP contribution in [-0.2, 0) is 46.6 Å². The molecule has 0 aromatic carbocycles. The summed E-state index contributed by atoms with van der Waals surface area (Å²) in [6.45, 7) is 11.3. The van der Waals surface area contributed by atoms with Gasteiger partial charge in [-0.3, -0.25) is 4.79 Å². The molecule has 2 aliphatic rings. The topological polar surface area (TPSA) is 83.5 Å². The van der Waals surface area contributed by atoms with Crippen LogP contribution in [0.15, 0.2) is 0 Å². The van der Waals surface area contributed by atoms with Gasteiger partial charge in [-0.05, 0) is 13.8 Å². The van der Waals surface area contributed by atoms with Crippen LogP contribution in [0.5, 0.6) is 0 Å². The summed E-state index contributed by atoms with van der Waals surface area (Å²) in [5.41, 5.74) is 0. The van der Waals surface area contributed by atoms with Crippen molar-refractivity contribution in [2.75, 3.05) is 19.9 Å². The van der Waals surface area contributed by atoms with E-state index in [9.17, 15) is 9.90 Å². The first-order chi connectivity index (χ1) is 12.1. The van der Waals surface area contributed by atoms with Gasteiger partial charge >= 0.3 is 5.97 Å². The fourth-order valence-corrected chi connectivity index (χ4v) is 4.87. The minimum Gasteiger partial charge on any atom is -0.459 e. The van der Waals surface area contributed by atoms with Crippen LogP contribution in [-0.4, -0.2) is 73.9 Å². The Morgan fingerprint density at radius 2 is 1.57 bits per heavy atom. The average Bonchev–Trinajstić information content (AvgIpc) is 2.97. The third-order valence-corrected chi connectivity index (χ3v) is 6.75. The van der Waals surface area contributed by atoms with Gasteiger partial charge in [0.2, 0.25) is 0 Å². The van der Waals surface area contributed by atoms with E-state index in [1.165, 1.54) is 6.92 Å². The Hall–Kier alpha value is 0.584. The summed E-state index contributed by atoms with van der Waals surface area (Å²) < 4.78 is 29.2. The minimum absolute atomic E-state index is 0. The Kier molecular flexibility index (Phi) is 12.1. The Morgan fingerprint density at radius 3 is 2.07 bits per heavy atom. The molecule has 2 fully saturated rings. The van der Waals surface area contributed by atoms with Crippen LogP contribution in [0, 0.1) is 11.8 Å². The van der Waals surface area contributed by atoms with Crippen LogP contribution < -0.4 is 0 Å². The van der Waals surface area contributed by atoms with Crippen LogP contribution in [0.3, 0.4) is 0 Å². The van der Waals surface area contributed by atoms with Gasteiger partial charge in [-0.15, -0.1) is 0 Å². The van der Waals surface area contributed by atoms with E-state index in [2.05, 4.69) is 6.30 Å². The summed E-state index contributed by atoms with van der Waals surface area (Å²) >= 11 is 0. The van der Waals surface area contributed by atoms with Crippen molar-refractivity contribution in [3.05, 3.63) is 0 Å². The summed E-state index contributed by atoms with van der Waals surface area (Å²) in [5, 5.41) is 9.53. The molecule has 165 valence electrons. The molecule has 28 heavy (non-hydrogen) atoms. The summed E-state index contributed by atoms with van der Waals surface area (Å²) in [7, 11) is -2.42. The molecule has 10 heteroatoms. The predicted octanol–water partition coefficient (Wildman–Crippen LogP) is 2.12. The molecule has 0 bridgehead atoms. The molecule has 1 radical (unpaired) electrons. The average molecular weight is 477 g/mol. The van der Waals surface area contributed by atoms with E-state index in [0.717, 1.165) is 0 Å². The van der Waals surface area contributed by atoms with Crippen LogP contribution >= 0.6 is 17.2 Å². The molecule has 0 saturated carbocycles. The molecule has 10 atom stereocenters. The minimum atomic E-state index is -2.42. The summed E-state index contributed by atoms with van der Waals surface area (Å²) in [4.78, 5) is 11.4. The number of hydrogen-bond donors (Lipinski definition) is 1. The number of rotatable bonds is 7. The van der Waals surface area contributed by atoms with E-state index in [1.807, 2.05) is 34.4 Å². The molecular formula is C18H36O7P2V. The number of ether oxygens (including phenoxy) is 3. The zero-order valence-corrected chi connectivity index (χ0v) is 21.4. The third kappa shape index (κ3) is 7.08. The first-order valence-corrected chi connectivity index (χ1v) is 11.4. The molecule has 2 saturated heterocycles. The van der Waals surface area contributed by atoms with Gasteiger partial charge in [0.1, 0.15) is 25.7 Å². The van der Waals surface area contributed by atoms with Crippen molar-refractivity contribution in [3.8, 4) is 0 Å². The zero-order valence-electron chi connectivity index (χ0n) is 17.7. The number of aliphatic hydroxyl groups excluding tert-OH is 1. The summed E-state index contributed by atoms with van der Waals surface area (Å²) in [6.07, 6.45) is 2.76. The Morgan fingerprint density at radius 1 is 1.07 bits per heavy atom. The fourth-order valence-electron chi connectivity index (χ4n) is 3.50. The third-order valence-electron chi connectivity index (χ3n) is 5.37. The van der Waals surface area contributed by atoms with E-state index in [-0.39, 0.29) is 96.1 Å². The molecule has 1 N–H and O–H groups in total. The second kappa shape index (κ2) is 11.8. The fraction of sp³-hybridized carbons (Fsp3) is 0.889. The van der Waals surface area contributed by atoms with Crippen molar-refractivity contribution in [1.82, 2.24) is 0 Å². The van der Waals surface area contributed by atoms with Crippen LogP contribution in [0.2, 0.25) is 0 Å². The molecule has 2 rings (SSSR count). The van der Waals surface area contributed by atoms with Crippen molar-refractivity contribution in [2.24, 2.45) is 11.8 Å². The molecule has 0 amide bonds. The number of aliphatic hydroxyl groups is 1. The molecule has 7 nitrogen and oxygen atoms in total. The molecule has 2 aliphatic heterocycles. The maximum Gasteiger partial charge on any atom is 0.303 e. The molecule has 0 aromatic heterocycles. The van der Waals surface area contributed by atoms with Gasteiger partial charge in [-0.1, -0.05) is 20.1 Å². The van der Waals surface area contributed by atoms with Crippen molar-refractivity contribution >= 4 is 29.5 Å². The smallest absolute Gasteiger partial charge is 0.303 e. The van der Waals surface area contributed by atoms with E-state index < -0.39 is 7.34 Å². The Labute approximate surface area is 184 Å². The van der Waals surface area contributed by atoms with Gasteiger partial charge in [0.15, 0.2) is 0 Å². The Balaban J connectivity index is 0.00000364. The van der Waals surface area contributed by atoms with Crippen molar-refractivity contribution in [1.29, 1.82) is 0 Å². The largest absolute Gasteiger partial charge is 0.459 e. The van der Waals surface area contributed by atoms with Gasteiger partial charge < -0.3 is 28.4 Å². The number of carbonyl (C=O) groups is 1. The van der Waals surface area contributed by atoms with Crippen molar-refractivity contribution in [2.45, 2.75) is 71.2 Å². The zero-order chi connectivity index (χ0) is 19.6. The first-order valence-electron chi connectivity index (χ1n) is 9.18. The molecule has 0 spiro atoms. The van der Waals surface area contributed by atoms with Crippen molar-refractivity contribution < 1.29 is 51.7 Å². The normalized spacial score (nSPS) is 39.5. The predicted molar refractivity (Wildman–Crippen MR) is 112 cm³/mol. The SMILES string of the molecule is C=P(C)(OCC1OC(C)C(C)C1OC(C)=O)OC1C(CO)OC(C)C1C.P.[V]. The van der Waals surface area contributed by atoms with Gasteiger partial charge in [0.25, 0.3) is 0 Å². The maximum absolute atomic E-state index is 11.4. The van der Waals surface area contributed by atoms with Crippen LogP contribution in [0.25, 0.3) is 0 Å². The van der Waals surface area contributed by atoms with Gasteiger partial charge in [0, 0.05) is 44.0 Å². The Bertz CT molecular complexity index is 550. The number of carbonyl (C=O) groups excluding carboxylic acids is 1. The second-order valence-corrected chi connectivity index (χ2v) is 10.1. The summed E-state index contributed by atoms with van der Waals surface area (Å²) in [5.74, 6) is -0.108. The molecule has 0 aromatic rings. The van der Waals surface area contributed by atoms with E-state index >= 15 is 0 Å². The standard InChI is InChI=1S/C18H33O7P.H3P.V/c1-10-12(3)23-16(17(10)24-14(5)20)9-21-26(6,7)25-18-11(2)13(4)22-15(18)8-19;;/h10-13,15-19H,6,8-9H2,1-5,7H3;1H3;. The van der Waals surface area contributed by atoms with E-state index in [0.29, 0.717) is 0 Å². The first kappa shape index (κ1) is 28.6. The summed E-state index contributed by atoms with van der Waals surface area (Å²) in [6, 6.07) is 0. The van der Waals surface area contributed by atoms with Crippen LogP contribution in [0.1, 0.15) is 34.6 Å².